The van der Waals surface area contributed by atoms with Crippen LogP contribution in [0, 0.1) is 6.92 Å². The molecule has 0 bridgehead atoms. The number of aromatic nitrogens is 4. The molecule has 3 N–H and O–H groups in total. The third-order valence-electron chi connectivity index (χ3n) is 9.13. The van der Waals surface area contributed by atoms with Gasteiger partial charge in [-0.3, -0.25) is 4.68 Å². The highest BCUT2D eigenvalue weighted by atomic mass is 35.5. The maximum Gasteiger partial charge on any atom is 0.229 e. The van der Waals surface area contributed by atoms with Crippen LogP contribution in [0.3, 0.4) is 0 Å². The first-order chi connectivity index (χ1) is 21.0. The van der Waals surface area contributed by atoms with E-state index in [0.29, 0.717) is 23.6 Å². The number of halogens is 1. The Morgan fingerprint density at radius 2 is 1.84 bits per heavy atom. The number of hydrogen-bond acceptors (Lipinski definition) is 10. The molecule has 3 aliphatic heterocycles. The Hall–Kier alpha value is -2.93. The van der Waals surface area contributed by atoms with Gasteiger partial charge in [0.1, 0.15) is 16.9 Å². The maximum absolute atomic E-state index is 12.9. The molecule has 13 heteroatoms. The van der Waals surface area contributed by atoms with Crippen LogP contribution in [0.1, 0.15) is 69.1 Å². The number of benzene rings is 1. The molecule has 0 radical (unpaired) electrons. The summed E-state index contributed by atoms with van der Waals surface area (Å²) in [6, 6.07) is 2.85. The van der Waals surface area contributed by atoms with E-state index in [1.165, 1.54) is 40.4 Å². The average molecular weight is 643 g/mol. The summed E-state index contributed by atoms with van der Waals surface area (Å²) < 4.78 is 33.7. The Morgan fingerprint density at radius 3 is 2.55 bits per heavy atom. The van der Waals surface area contributed by atoms with Gasteiger partial charge in [-0.25, -0.2) is 13.4 Å². The second-order valence-electron chi connectivity index (χ2n) is 12.6. The van der Waals surface area contributed by atoms with Gasteiger partial charge < -0.3 is 25.6 Å². The van der Waals surface area contributed by atoms with E-state index in [2.05, 4.69) is 55.8 Å². The molecular formula is C31H43ClN8O3S. The van der Waals surface area contributed by atoms with Crippen molar-refractivity contribution in [1.82, 2.24) is 30.0 Å². The first-order valence-corrected chi connectivity index (χ1v) is 17.6. The fourth-order valence-corrected chi connectivity index (χ4v) is 8.12. The van der Waals surface area contributed by atoms with Gasteiger partial charge >= 0.3 is 0 Å². The number of ether oxygens (including phenoxy) is 1. The van der Waals surface area contributed by atoms with Crippen molar-refractivity contribution in [2.75, 3.05) is 36.8 Å². The molecule has 1 aromatic carbocycles. The molecule has 3 aliphatic rings. The zero-order valence-electron chi connectivity index (χ0n) is 26.2. The van der Waals surface area contributed by atoms with E-state index in [9.17, 15) is 8.42 Å². The molecule has 0 aliphatic carbocycles. The van der Waals surface area contributed by atoms with Gasteiger partial charge in [-0.1, -0.05) is 11.6 Å². The lowest BCUT2D eigenvalue weighted by Gasteiger charge is -2.40. The van der Waals surface area contributed by atoms with Gasteiger partial charge in [0.15, 0.2) is 5.82 Å². The van der Waals surface area contributed by atoms with Crippen molar-refractivity contribution in [3.63, 3.8) is 0 Å². The molecule has 0 unspecified atom stereocenters. The van der Waals surface area contributed by atoms with Crippen LogP contribution < -0.4 is 20.7 Å². The summed E-state index contributed by atoms with van der Waals surface area (Å²) in [5.74, 6) is 1.98. The number of anilines is 4. The predicted octanol–water partition coefficient (Wildman–Crippen LogP) is 5.10. The van der Waals surface area contributed by atoms with Crippen molar-refractivity contribution in [1.29, 1.82) is 0 Å². The molecule has 5 heterocycles. The summed E-state index contributed by atoms with van der Waals surface area (Å²) in [4.78, 5) is 11.7. The molecule has 0 saturated carbocycles. The lowest BCUT2D eigenvalue weighted by atomic mass is 9.82. The van der Waals surface area contributed by atoms with E-state index in [-0.39, 0.29) is 22.0 Å². The number of nitrogens with zero attached hydrogens (tertiary/aromatic N) is 5. The Morgan fingerprint density at radius 1 is 1.11 bits per heavy atom. The Balaban J connectivity index is 1.24. The highest BCUT2D eigenvalue weighted by Gasteiger charge is 2.34. The molecule has 11 nitrogen and oxygen atoms in total. The zero-order chi connectivity index (χ0) is 31.2. The minimum Gasteiger partial charge on any atom is -0.488 e. The fourth-order valence-electron chi connectivity index (χ4n) is 6.89. The molecule has 0 spiro atoms. The Bertz CT molecular complexity index is 1630. The molecule has 2 fully saturated rings. The van der Waals surface area contributed by atoms with Crippen molar-refractivity contribution in [3.8, 4) is 5.75 Å². The maximum atomic E-state index is 12.9. The number of nitrogens with one attached hydrogen (secondary N) is 3. The van der Waals surface area contributed by atoms with Crippen molar-refractivity contribution in [3.05, 3.63) is 40.2 Å². The molecule has 238 valence electrons. The first kappa shape index (κ1) is 31.1. The van der Waals surface area contributed by atoms with Crippen LogP contribution in [0.5, 0.6) is 5.75 Å². The lowest BCUT2D eigenvalue weighted by molar-refractivity contribution is 0.126. The molecule has 0 amide bonds. The summed E-state index contributed by atoms with van der Waals surface area (Å²) >= 11 is 6.47. The van der Waals surface area contributed by atoms with Crippen molar-refractivity contribution in [2.45, 2.75) is 88.1 Å². The smallest absolute Gasteiger partial charge is 0.229 e. The quantitative estimate of drug-likeness (QED) is 0.306. The third-order valence-corrected chi connectivity index (χ3v) is 11.5. The number of aryl methyl sites for hydroxylation is 2. The van der Waals surface area contributed by atoms with E-state index in [4.69, 9.17) is 16.3 Å². The number of fused-ring (bicyclic) bond motifs is 1. The SMILES string of the molecule is Cc1cc(Nc2ncc(Cl)c(Nc3cn(C)nc3S(=O)(=O)C(C)C)n2)c2c(c1C1CCN(C3CCNCC3)CC1)C[C@@H](C)O2. The van der Waals surface area contributed by atoms with Gasteiger partial charge in [-0.05, 0) is 103 Å². The number of sulfone groups is 1. The summed E-state index contributed by atoms with van der Waals surface area (Å²) in [7, 11) is -1.96. The summed E-state index contributed by atoms with van der Waals surface area (Å²) in [5.41, 5.74) is 5.09. The third kappa shape index (κ3) is 6.14. The van der Waals surface area contributed by atoms with Crippen LogP contribution in [0.2, 0.25) is 5.02 Å². The van der Waals surface area contributed by atoms with E-state index in [1.807, 2.05) is 0 Å². The highest BCUT2D eigenvalue weighted by molar-refractivity contribution is 7.92. The fraction of sp³-hybridized carbons (Fsp3) is 0.581. The molecule has 44 heavy (non-hydrogen) atoms. The van der Waals surface area contributed by atoms with Crippen LogP contribution in [0.4, 0.5) is 23.1 Å². The second kappa shape index (κ2) is 12.5. The molecule has 6 rings (SSSR count). The van der Waals surface area contributed by atoms with Gasteiger partial charge in [0.2, 0.25) is 20.8 Å². The van der Waals surface area contributed by atoms with E-state index in [1.54, 1.807) is 27.1 Å². The minimum absolute atomic E-state index is 0.0489. The zero-order valence-corrected chi connectivity index (χ0v) is 27.7. The molecule has 3 aromatic rings. The number of piperidine rings is 2. The normalized spacial score (nSPS) is 20.1. The van der Waals surface area contributed by atoms with Crippen molar-refractivity contribution >= 4 is 44.6 Å². The van der Waals surface area contributed by atoms with Crippen molar-refractivity contribution < 1.29 is 13.2 Å². The van der Waals surface area contributed by atoms with Crippen LogP contribution in [-0.4, -0.2) is 76.6 Å². The number of hydrogen-bond donors (Lipinski definition) is 3. The van der Waals surface area contributed by atoms with Crippen LogP contribution in [-0.2, 0) is 23.3 Å². The van der Waals surface area contributed by atoms with Gasteiger partial charge in [0.05, 0.1) is 22.8 Å². The molecule has 2 saturated heterocycles. The van der Waals surface area contributed by atoms with Gasteiger partial charge in [-0.2, -0.15) is 10.1 Å². The Kier molecular flexibility index (Phi) is 8.80. The van der Waals surface area contributed by atoms with Crippen LogP contribution in [0.25, 0.3) is 0 Å². The predicted molar refractivity (Wildman–Crippen MR) is 174 cm³/mol. The van der Waals surface area contributed by atoms with Crippen molar-refractivity contribution in [2.24, 2.45) is 7.05 Å². The summed E-state index contributed by atoms with van der Waals surface area (Å²) in [6.07, 6.45) is 8.86. The standard InChI is InChI=1S/C31H43ClN8O3S/c1-18(2)44(41,42)30-26(17-39(5)38-30)35-29-24(32)16-34-31(37-29)36-25-14-19(3)27(23-15-20(4)43-28(23)25)21-8-12-40(13-9-21)22-6-10-33-11-7-22/h14,16-18,20-22,33H,6-13,15H2,1-5H3,(H2,34,35,36,37)/t20-/m1/s1. The second-order valence-corrected chi connectivity index (χ2v) is 15.5. The first-order valence-electron chi connectivity index (χ1n) is 15.6. The summed E-state index contributed by atoms with van der Waals surface area (Å²) in [5, 5.41) is 13.7. The van der Waals surface area contributed by atoms with E-state index >= 15 is 0 Å². The number of rotatable bonds is 8. The lowest BCUT2D eigenvalue weighted by Crippen LogP contribution is -2.46. The average Bonchev–Trinajstić information content (AvgIpc) is 3.57. The monoisotopic (exact) mass is 642 g/mol. The summed E-state index contributed by atoms with van der Waals surface area (Å²) in [6.45, 7) is 12.1. The topological polar surface area (TPSA) is 126 Å². The number of likely N-dealkylation sites (tertiary alicyclic amines) is 1. The Labute approximate surface area is 265 Å². The molecule has 2 aromatic heterocycles. The minimum atomic E-state index is -3.64. The van der Waals surface area contributed by atoms with Gasteiger partial charge in [0, 0.05) is 31.3 Å². The molecular weight excluding hydrogens is 600 g/mol. The van der Waals surface area contributed by atoms with Crippen LogP contribution in [0.15, 0.2) is 23.5 Å². The van der Waals surface area contributed by atoms with E-state index in [0.717, 1.165) is 56.9 Å². The largest absolute Gasteiger partial charge is 0.488 e. The highest BCUT2D eigenvalue weighted by Crippen LogP contribution is 2.46. The van der Waals surface area contributed by atoms with Gasteiger partial charge in [0.25, 0.3) is 0 Å². The van der Waals surface area contributed by atoms with E-state index < -0.39 is 15.1 Å². The van der Waals surface area contributed by atoms with Gasteiger partial charge in [-0.15, -0.1) is 0 Å². The van der Waals surface area contributed by atoms with Crippen LogP contribution >= 0.6 is 11.6 Å². The molecule has 1 atom stereocenters.